The van der Waals surface area contributed by atoms with Gasteiger partial charge in [-0.3, -0.25) is 9.36 Å². The fourth-order valence-corrected chi connectivity index (χ4v) is 6.64. The van der Waals surface area contributed by atoms with Crippen LogP contribution in [0.15, 0.2) is 64.5 Å². The summed E-state index contributed by atoms with van der Waals surface area (Å²) in [5.41, 5.74) is 3.24. The third kappa shape index (κ3) is 3.70. The van der Waals surface area contributed by atoms with Crippen molar-refractivity contribution in [2.75, 3.05) is 0 Å². The molecular weight excluding hydrogens is 432 g/mol. The van der Waals surface area contributed by atoms with E-state index in [-0.39, 0.29) is 5.56 Å². The van der Waals surface area contributed by atoms with Gasteiger partial charge in [-0.15, -0.1) is 11.3 Å². The van der Waals surface area contributed by atoms with Crippen LogP contribution in [0.25, 0.3) is 15.9 Å². The highest BCUT2D eigenvalue weighted by molar-refractivity contribution is 7.98. The van der Waals surface area contributed by atoms with Gasteiger partial charge in [0, 0.05) is 15.7 Å². The van der Waals surface area contributed by atoms with E-state index in [1.807, 2.05) is 54.6 Å². The van der Waals surface area contributed by atoms with E-state index in [2.05, 4.69) is 6.92 Å². The van der Waals surface area contributed by atoms with Gasteiger partial charge in [0.05, 0.1) is 11.1 Å². The molecule has 0 bridgehead atoms. The number of aromatic nitrogens is 2. The van der Waals surface area contributed by atoms with Crippen molar-refractivity contribution in [3.8, 4) is 5.69 Å². The Morgan fingerprint density at radius 1 is 1.20 bits per heavy atom. The van der Waals surface area contributed by atoms with Crippen LogP contribution in [0.1, 0.15) is 29.3 Å². The van der Waals surface area contributed by atoms with Gasteiger partial charge in [0.1, 0.15) is 4.83 Å². The lowest BCUT2D eigenvalue weighted by molar-refractivity contribution is 0.509. The van der Waals surface area contributed by atoms with E-state index in [0.29, 0.717) is 11.7 Å². The molecule has 0 amide bonds. The summed E-state index contributed by atoms with van der Waals surface area (Å²) in [6, 6.07) is 17.7. The molecule has 30 heavy (non-hydrogen) atoms. The number of rotatable bonds is 4. The standard InChI is InChI=1S/C24H21ClN2OS2/c1-15-10-11-19-20(12-15)30-22-21(19)23(28)27(18-8-3-2-4-9-18)24(26-22)29-14-16-6-5-7-17(25)13-16/h2-9,13,15H,10-12,14H2,1H3. The van der Waals surface area contributed by atoms with Gasteiger partial charge in [0.25, 0.3) is 5.56 Å². The molecule has 0 N–H and O–H groups in total. The lowest BCUT2D eigenvalue weighted by atomic mass is 9.89. The SMILES string of the molecule is CC1CCc2c(sc3nc(SCc4cccc(Cl)c4)n(-c4ccccc4)c(=O)c23)C1. The molecular formula is C24H21ClN2OS2. The van der Waals surface area contributed by atoms with Gasteiger partial charge in [-0.25, -0.2) is 4.98 Å². The minimum atomic E-state index is 0.0480. The monoisotopic (exact) mass is 452 g/mol. The number of fused-ring (bicyclic) bond motifs is 3. The Morgan fingerprint density at radius 3 is 2.83 bits per heavy atom. The molecule has 0 spiro atoms. The van der Waals surface area contributed by atoms with Crippen molar-refractivity contribution in [2.24, 2.45) is 5.92 Å². The van der Waals surface area contributed by atoms with Crippen molar-refractivity contribution < 1.29 is 0 Å². The molecule has 0 radical (unpaired) electrons. The molecule has 1 unspecified atom stereocenters. The maximum absolute atomic E-state index is 13.7. The highest BCUT2D eigenvalue weighted by Gasteiger charge is 2.25. The number of hydrogen-bond donors (Lipinski definition) is 0. The van der Waals surface area contributed by atoms with Crippen LogP contribution in [-0.4, -0.2) is 9.55 Å². The van der Waals surface area contributed by atoms with E-state index < -0.39 is 0 Å². The summed E-state index contributed by atoms with van der Waals surface area (Å²) in [6.45, 7) is 2.29. The lowest BCUT2D eigenvalue weighted by Gasteiger charge is -2.17. The van der Waals surface area contributed by atoms with E-state index >= 15 is 0 Å². The zero-order valence-electron chi connectivity index (χ0n) is 16.6. The van der Waals surface area contributed by atoms with Crippen molar-refractivity contribution in [3.05, 3.63) is 86.0 Å². The second-order valence-electron chi connectivity index (χ2n) is 7.82. The average Bonchev–Trinajstić information content (AvgIpc) is 3.10. The Morgan fingerprint density at radius 2 is 2.03 bits per heavy atom. The number of para-hydroxylation sites is 1. The predicted molar refractivity (Wildman–Crippen MR) is 127 cm³/mol. The van der Waals surface area contributed by atoms with Crippen LogP contribution in [0.5, 0.6) is 0 Å². The average molecular weight is 453 g/mol. The van der Waals surface area contributed by atoms with Crippen LogP contribution in [0, 0.1) is 5.92 Å². The lowest BCUT2D eigenvalue weighted by Crippen LogP contribution is -2.22. The van der Waals surface area contributed by atoms with Crippen LogP contribution in [0.4, 0.5) is 0 Å². The fraction of sp³-hybridized carbons (Fsp3) is 0.250. The molecule has 1 aliphatic rings. The molecule has 152 valence electrons. The molecule has 0 aliphatic heterocycles. The highest BCUT2D eigenvalue weighted by Crippen LogP contribution is 2.37. The van der Waals surface area contributed by atoms with Gasteiger partial charge in [0.15, 0.2) is 5.16 Å². The summed E-state index contributed by atoms with van der Waals surface area (Å²) in [5.74, 6) is 1.37. The summed E-state index contributed by atoms with van der Waals surface area (Å²) in [5, 5.41) is 2.26. The number of thioether (sulfide) groups is 1. The van der Waals surface area contributed by atoms with E-state index in [0.717, 1.165) is 50.9 Å². The van der Waals surface area contributed by atoms with Crippen LogP contribution >= 0.6 is 34.7 Å². The molecule has 4 aromatic rings. The third-order valence-corrected chi connectivity index (χ3v) is 7.96. The van der Waals surface area contributed by atoms with E-state index in [9.17, 15) is 4.79 Å². The van der Waals surface area contributed by atoms with Crippen molar-refractivity contribution in [3.63, 3.8) is 0 Å². The molecule has 2 heterocycles. The normalized spacial score (nSPS) is 16.0. The summed E-state index contributed by atoms with van der Waals surface area (Å²) < 4.78 is 1.78. The van der Waals surface area contributed by atoms with Gasteiger partial charge in [-0.1, -0.05) is 60.6 Å². The molecule has 3 nitrogen and oxygen atoms in total. The van der Waals surface area contributed by atoms with Crippen LogP contribution in [0.2, 0.25) is 5.02 Å². The molecule has 5 rings (SSSR count). The van der Waals surface area contributed by atoms with Gasteiger partial charge in [0.2, 0.25) is 0 Å². The Kier molecular flexibility index (Phi) is 5.44. The smallest absolute Gasteiger partial charge is 0.267 e. The number of aryl methyl sites for hydroxylation is 1. The maximum Gasteiger partial charge on any atom is 0.267 e. The molecule has 0 saturated carbocycles. The summed E-state index contributed by atoms with van der Waals surface area (Å²) in [7, 11) is 0. The second kappa shape index (κ2) is 8.22. The first kappa shape index (κ1) is 19.9. The first-order valence-electron chi connectivity index (χ1n) is 10.1. The van der Waals surface area contributed by atoms with E-state index in [4.69, 9.17) is 16.6 Å². The van der Waals surface area contributed by atoms with Gasteiger partial charge in [-0.2, -0.15) is 0 Å². The van der Waals surface area contributed by atoms with E-state index in [1.165, 1.54) is 10.4 Å². The minimum Gasteiger partial charge on any atom is -0.268 e. The Hall–Kier alpha value is -2.08. The Balaban J connectivity index is 1.65. The molecule has 2 aromatic carbocycles. The number of hydrogen-bond acceptors (Lipinski definition) is 4. The first-order valence-corrected chi connectivity index (χ1v) is 12.3. The quantitative estimate of drug-likeness (QED) is 0.261. The van der Waals surface area contributed by atoms with Crippen molar-refractivity contribution in [1.82, 2.24) is 9.55 Å². The van der Waals surface area contributed by atoms with Crippen LogP contribution in [-0.2, 0) is 18.6 Å². The van der Waals surface area contributed by atoms with Crippen molar-refractivity contribution in [1.29, 1.82) is 0 Å². The van der Waals surface area contributed by atoms with Crippen LogP contribution in [0.3, 0.4) is 0 Å². The van der Waals surface area contributed by atoms with Gasteiger partial charge in [-0.05, 0) is 60.6 Å². The fourth-order valence-electron chi connectivity index (χ4n) is 4.05. The molecule has 1 atom stereocenters. The maximum atomic E-state index is 13.7. The number of halogens is 1. The van der Waals surface area contributed by atoms with Gasteiger partial charge >= 0.3 is 0 Å². The third-order valence-electron chi connectivity index (χ3n) is 5.57. The number of nitrogens with zero attached hydrogens (tertiary/aromatic N) is 2. The summed E-state index contributed by atoms with van der Waals surface area (Å²) in [4.78, 5) is 20.9. The second-order valence-corrected chi connectivity index (χ2v) is 10.3. The zero-order valence-corrected chi connectivity index (χ0v) is 19.0. The van der Waals surface area contributed by atoms with Gasteiger partial charge < -0.3 is 0 Å². The summed E-state index contributed by atoms with van der Waals surface area (Å²) >= 11 is 9.43. The Bertz CT molecular complexity index is 1280. The van der Waals surface area contributed by atoms with Crippen molar-refractivity contribution >= 4 is 44.9 Å². The first-order chi connectivity index (χ1) is 14.6. The van der Waals surface area contributed by atoms with E-state index in [1.54, 1.807) is 27.7 Å². The largest absolute Gasteiger partial charge is 0.268 e. The van der Waals surface area contributed by atoms with Crippen LogP contribution < -0.4 is 5.56 Å². The zero-order chi connectivity index (χ0) is 20.7. The van der Waals surface area contributed by atoms with Crippen molar-refractivity contribution in [2.45, 2.75) is 37.1 Å². The minimum absolute atomic E-state index is 0.0480. The predicted octanol–water partition coefficient (Wildman–Crippen LogP) is 6.52. The number of benzene rings is 2. The molecule has 6 heteroatoms. The molecule has 1 aliphatic carbocycles. The summed E-state index contributed by atoms with van der Waals surface area (Å²) in [6.07, 6.45) is 3.15. The highest BCUT2D eigenvalue weighted by atomic mass is 35.5. The Labute approximate surface area is 188 Å². The topological polar surface area (TPSA) is 34.9 Å². The molecule has 0 fully saturated rings. The number of thiophene rings is 1. The molecule has 2 aromatic heterocycles. The molecule has 0 saturated heterocycles.